The van der Waals surface area contributed by atoms with Gasteiger partial charge in [-0.25, -0.2) is 13.2 Å². The van der Waals surface area contributed by atoms with Crippen molar-refractivity contribution in [2.75, 3.05) is 4.72 Å². The van der Waals surface area contributed by atoms with Gasteiger partial charge in [-0.3, -0.25) is 9.52 Å². The van der Waals surface area contributed by atoms with Crippen molar-refractivity contribution in [2.45, 2.75) is 32.2 Å². The van der Waals surface area contributed by atoms with Crippen molar-refractivity contribution in [3.05, 3.63) is 89.5 Å². The van der Waals surface area contributed by atoms with E-state index in [2.05, 4.69) is 4.72 Å². The van der Waals surface area contributed by atoms with Gasteiger partial charge in [-0.1, -0.05) is 62.4 Å². The highest BCUT2D eigenvalue weighted by molar-refractivity contribution is 7.91. The lowest BCUT2D eigenvalue weighted by Crippen LogP contribution is -2.44. The van der Waals surface area contributed by atoms with Crippen molar-refractivity contribution in [1.82, 2.24) is 4.90 Å². The fourth-order valence-corrected chi connectivity index (χ4v) is 5.46. The fourth-order valence-electron chi connectivity index (χ4n) is 4.27. The molecule has 1 atom stereocenters. The number of sulfonamides is 1. The number of nitrogens with one attached hydrogen (secondary N) is 1. The van der Waals surface area contributed by atoms with Gasteiger partial charge in [0.2, 0.25) is 10.0 Å². The van der Waals surface area contributed by atoms with Crippen molar-refractivity contribution in [1.29, 1.82) is 0 Å². The molecule has 3 aromatic carbocycles. The number of hydrogen-bond donors (Lipinski definition) is 2. The number of carboxylic acids is 1. The Morgan fingerprint density at radius 1 is 1.00 bits per heavy atom. The van der Waals surface area contributed by atoms with Gasteiger partial charge in [-0.2, -0.15) is 0 Å². The van der Waals surface area contributed by atoms with Gasteiger partial charge in [-0.15, -0.1) is 0 Å². The summed E-state index contributed by atoms with van der Waals surface area (Å²) in [6, 6.07) is 20.5. The molecular weight excluding hydrogens is 452 g/mol. The highest BCUT2D eigenvalue weighted by Crippen LogP contribution is 2.31. The molecule has 0 saturated heterocycles. The SMILES string of the molecule is CC(C)C(C(=O)O)N1Cc2cc(-c3ccc(NS(=O)(=O)Cc4ccccc4)cc3)ccc2C1=O. The zero-order valence-corrected chi connectivity index (χ0v) is 19.7. The molecule has 7 nitrogen and oxygen atoms in total. The van der Waals surface area contributed by atoms with E-state index in [-0.39, 0.29) is 24.1 Å². The Kier molecular flexibility index (Phi) is 6.43. The summed E-state index contributed by atoms with van der Waals surface area (Å²) in [5.74, 6) is -1.61. The van der Waals surface area contributed by atoms with E-state index < -0.39 is 22.0 Å². The minimum absolute atomic E-state index is 0.112. The Bertz CT molecular complexity index is 1320. The first-order valence-electron chi connectivity index (χ1n) is 11.0. The number of carboxylic acid groups (broad SMARTS) is 1. The van der Waals surface area contributed by atoms with Gasteiger partial charge < -0.3 is 10.0 Å². The lowest BCUT2D eigenvalue weighted by atomic mass is 10.0. The predicted octanol–water partition coefficient (Wildman–Crippen LogP) is 4.36. The van der Waals surface area contributed by atoms with Crippen LogP contribution in [0.5, 0.6) is 0 Å². The molecular formula is C26H26N2O5S. The molecule has 0 spiro atoms. The zero-order chi connectivity index (χ0) is 24.5. The number of carbonyl (C=O) groups is 2. The number of carbonyl (C=O) groups excluding carboxylic acids is 1. The second-order valence-electron chi connectivity index (χ2n) is 8.76. The van der Waals surface area contributed by atoms with Crippen molar-refractivity contribution in [3.8, 4) is 11.1 Å². The summed E-state index contributed by atoms with van der Waals surface area (Å²) in [5, 5.41) is 9.58. The first-order chi connectivity index (χ1) is 16.1. The third-order valence-electron chi connectivity index (χ3n) is 5.85. The molecule has 1 heterocycles. The van der Waals surface area contributed by atoms with E-state index in [4.69, 9.17) is 0 Å². The number of rotatable bonds is 8. The van der Waals surface area contributed by atoms with E-state index in [0.717, 1.165) is 16.7 Å². The molecule has 8 heteroatoms. The highest BCUT2D eigenvalue weighted by Gasteiger charge is 2.38. The third-order valence-corrected chi connectivity index (χ3v) is 7.11. The molecule has 1 amide bonds. The topological polar surface area (TPSA) is 104 Å². The largest absolute Gasteiger partial charge is 0.480 e. The Labute approximate surface area is 199 Å². The maximum absolute atomic E-state index is 12.8. The molecule has 3 aromatic rings. The van der Waals surface area contributed by atoms with Crippen LogP contribution in [0, 0.1) is 5.92 Å². The lowest BCUT2D eigenvalue weighted by molar-refractivity contribution is -0.144. The Morgan fingerprint density at radius 3 is 2.26 bits per heavy atom. The van der Waals surface area contributed by atoms with E-state index in [9.17, 15) is 23.1 Å². The van der Waals surface area contributed by atoms with Crippen LogP contribution in [0.15, 0.2) is 72.8 Å². The van der Waals surface area contributed by atoms with Gasteiger partial charge in [0, 0.05) is 17.8 Å². The third kappa shape index (κ3) is 4.97. The first-order valence-corrected chi connectivity index (χ1v) is 12.6. The number of aliphatic carboxylic acids is 1. The van der Waals surface area contributed by atoms with Gasteiger partial charge in [0.25, 0.3) is 5.91 Å². The normalized spacial score (nSPS) is 14.2. The zero-order valence-electron chi connectivity index (χ0n) is 18.9. The summed E-state index contributed by atoms with van der Waals surface area (Å²) in [6.45, 7) is 3.82. The molecule has 0 radical (unpaired) electrons. The minimum atomic E-state index is -3.55. The van der Waals surface area contributed by atoms with Crippen LogP contribution < -0.4 is 4.72 Å². The predicted molar refractivity (Wildman–Crippen MR) is 131 cm³/mol. The number of fused-ring (bicyclic) bond motifs is 1. The maximum Gasteiger partial charge on any atom is 0.326 e. The average Bonchev–Trinajstić information content (AvgIpc) is 3.09. The summed E-state index contributed by atoms with van der Waals surface area (Å²) >= 11 is 0. The summed E-state index contributed by atoms with van der Waals surface area (Å²) in [7, 11) is -3.55. The van der Waals surface area contributed by atoms with Crippen LogP contribution >= 0.6 is 0 Å². The van der Waals surface area contributed by atoms with Gasteiger partial charge in [0.1, 0.15) is 6.04 Å². The Hall–Kier alpha value is -3.65. The molecule has 1 unspecified atom stereocenters. The van der Waals surface area contributed by atoms with E-state index in [1.54, 1.807) is 56.3 Å². The first kappa shape index (κ1) is 23.5. The highest BCUT2D eigenvalue weighted by atomic mass is 32.2. The Morgan fingerprint density at radius 2 is 1.65 bits per heavy atom. The van der Waals surface area contributed by atoms with Crippen molar-refractivity contribution < 1.29 is 23.1 Å². The molecule has 4 rings (SSSR count). The van der Waals surface area contributed by atoms with Crippen LogP contribution in [-0.2, 0) is 27.1 Å². The lowest BCUT2D eigenvalue weighted by Gasteiger charge is -2.27. The smallest absolute Gasteiger partial charge is 0.326 e. The summed E-state index contributed by atoms with van der Waals surface area (Å²) in [6.07, 6.45) is 0. The van der Waals surface area contributed by atoms with Crippen molar-refractivity contribution in [3.63, 3.8) is 0 Å². The summed E-state index contributed by atoms with van der Waals surface area (Å²) in [5.41, 5.74) is 4.18. The molecule has 2 N–H and O–H groups in total. The van der Waals surface area contributed by atoms with E-state index >= 15 is 0 Å². The van der Waals surface area contributed by atoms with Crippen molar-refractivity contribution in [2.24, 2.45) is 5.92 Å². The van der Waals surface area contributed by atoms with Crippen LogP contribution in [0.3, 0.4) is 0 Å². The molecule has 0 saturated carbocycles. The van der Waals surface area contributed by atoms with Gasteiger partial charge in [-0.05, 0) is 52.4 Å². The van der Waals surface area contributed by atoms with E-state index in [1.807, 2.05) is 30.3 Å². The minimum Gasteiger partial charge on any atom is -0.480 e. The fraction of sp³-hybridized carbons (Fsp3) is 0.231. The van der Waals surface area contributed by atoms with Crippen LogP contribution in [0.2, 0.25) is 0 Å². The van der Waals surface area contributed by atoms with Crippen LogP contribution in [0.1, 0.15) is 35.3 Å². The molecule has 0 aromatic heterocycles. The monoisotopic (exact) mass is 478 g/mol. The van der Waals surface area contributed by atoms with Crippen LogP contribution in [0.25, 0.3) is 11.1 Å². The number of anilines is 1. The standard InChI is InChI=1S/C26H26N2O5S/c1-17(2)24(26(30)31)28-15-21-14-20(10-13-23(21)25(28)29)19-8-11-22(12-9-19)27-34(32,33)16-18-6-4-3-5-7-18/h3-14,17,24,27H,15-16H2,1-2H3,(H,30,31). The number of amides is 1. The van der Waals surface area contributed by atoms with E-state index in [1.165, 1.54) is 4.90 Å². The van der Waals surface area contributed by atoms with Gasteiger partial charge in [0.15, 0.2) is 0 Å². The molecule has 176 valence electrons. The van der Waals surface area contributed by atoms with Gasteiger partial charge in [0.05, 0.1) is 5.75 Å². The second kappa shape index (κ2) is 9.30. The van der Waals surface area contributed by atoms with Crippen molar-refractivity contribution >= 4 is 27.6 Å². The molecule has 1 aliphatic heterocycles. The molecule has 0 aliphatic carbocycles. The molecule has 0 bridgehead atoms. The van der Waals surface area contributed by atoms with Crippen LogP contribution in [0.4, 0.5) is 5.69 Å². The van der Waals surface area contributed by atoms with Crippen LogP contribution in [-0.4, -0.2) is 36.3 Å². The van der Waals surface area contributed by atoms with E-state index in [0.29, 0.717) is 16.8 Å². The summed E-state index contributed by atoms with van der Waals surface area (Å²) < 4.78 is 27.5. The number of benzene rings is 3. The second-order valence-corrected chi connectivity index (χ2v) is 10.5. The Balaban J connectivity index is 1.50. The maximum atomic E-state index is 12.8. The number of nitrogens with zero attached hydrogens (tertiary/aromatic N) is 1. The molecule has 1 aliphatic rings. The van der Waals surface area contributed by atoms with Gasteiger partial charge >= 0.3 is 5.97 Å². The molecule has 0 fully saturated rings. The average molecular weight is 479 g/mol. The number of hydrogen-bond acceptors (Lipinski definition) is 4. The summed E-state index contributed by atoms with van der Waals surface area (Å²) in [4.78, 5) is 25.9. The quantitative estimate of drug-likeness (QED) is 0.501. The molecule has 34 heavy (non-hydrogen) atoms.